The number of benzene rings is 2. The Morgan fingerprint density at radius 2 is 2.00 bits per heavy atom. The van der Waals surface area contributed by atoms with E-state index in [1.165, 1.54) is 0 Å². The van der Waals surface area contributed by atoms with Crippen LogP contribution in [0.4, 0.5) is 0 Å². The van der Waals surface area contributed by atoms with Crippen molar-refractivity contribution in [3.05, 3.63) is 77.5 Å². The standard InChI is InChI=1S/C22H21N5O2/c1-3-29-20-9-5-4-7-17(20)14-24-22(28)16-11-10-15(2)19(13-16)27-21-18(25-26-27)8-6-12-23-21/h4-13H,3,14H2,1-2H3,(H,24,28). The van der Waals surface area contributed by atoms with Crippen molar-refractivity contribution in [2.45, 2.75) is 20.4 Å². The maximum atomic E-state index is 12.8. The van der Waals surface area contributed by atoms with Gasteiger partial charge >= 0.3 is 0 Å². The van der Waals surface area contributed by atoms with Crippen molar-refractivity contribution in [1.29, 1.82) is 0 Å². The van der Waals surface area contributed by atoms with Gasteiger partial charge in [0, 0.05) is 23.9 Å². The number of carbonyl (C=O) groups is 1. The third-order valence-electron chi connectivity index (χ3n) is 4.62. The maximum absolute atomic E-state index is 12.8. The Morgan fingerprint density at radius 1 is 1.14 bits per heavy atom. The molecule has 0 saturated heterocycles. The van der Waals surface area contributed by atoms with Crippen molar-refractivity contribution in [3.63, 3.8) is 0 Å². The normalized spacial score (nSPS) is 10.8. The number of fused-ring (bicyclic) bond motifs is 1. The van der Waals surface area contributed by atoms with E-state index in [4.69, 9.17) is 4.74 Å². The number of carbonyl (C=O) groups excluding carboxylic acids is 1. The molecule has 7 heteroatoms. The summed E-state index contributed by atoms with van der Waals surface area (Å²) in [6.07, 6.45) is 1.70. The van der Waals surface area contributed by atoms with E-state index in [0.717, 1.165) is 22.6 Å². The highest BCUT2D eigenvalue weighted by atomic mass is 16.5. The van der Waals surface area contributed by atoms with E-state index in [2.05, 4.69) is 20.6 Å². The van der Waals surface area contributed by atoms with E-state index in [0.29, 0.717) is 29.9 Å². The van der Waals surface area contributed by atoms with Gasteiger partial charge in [-0.05, 0) is 49.7 Å². The highest BCUT2D eigenvalue weighted by Crippen LogP contribution is 2.20. The molecule has 0 atom stereocenters. The smallest absolute Gasteiger partial charge is 0.251 e. The minimum absolute atomic E-state index is 0.171. The molecule has 0 aliphatic carbocycles. The summed E-state index contributed by atoms with van der Waals surface area (Å²) in [4.78, 5) is 17.1. The van der Waals surface area contributed by atoms with Crippen molar-refractivity contribution in [2.75, 3.05) is 6.61 Å². The average Bonchev–Trinajstić information content (AvgIpc) is 3.17. The SMILES string of the molecule is CCOc1ccccc1CNC(=O)c1ccc(C)c(-n2nnc3cccnc32)c1. The lowest BCUT2D eigenvalue weighted by Crippen LogP contribution is -2.23. The number of amides is 1. The zero-order valence-electron chi connectivity index (χ0n) is 16.3. The molecule has 0 aliphatic rings. The number of hydrogen-bond donors (Lipinski definition) is 1. The van der Waals surface area contributed by atoms with Gasteiger partial charge in [-0.1, -0.05) is 29.5 Å². The molecule has 1 N–H and O–H groups in total. The average molecular weight is 387 g/mol. The summed E-state index contributed by atoms with van der Waals surface area (Å²) in [6.45, 7) is 4.86. The fourth-order valence-electron chi connectivity index (χ4n) is 3.13. The molecule has 4 aromatic rings. The molecule has 7 nitrogen and oxygen atoms in total. The summed E-state index contributed by atoms with van der Waals surface area (Å²) >= 11 is 0. The first kappa shape index (κ1) is 18.6. The van der Waals surface area contributed by atoms with Gasteiger partial charge in [0.15, 0.2) is 5.65 Å². The van der Waals surface area contributed by atoms with Gasteiger partial charge in [0.25, 0.3) is 5.91 Å². The van der Waals surface area contributed by atoms with Gasteiger partial charge < -0.3 is 10.1 Å². The fraction of sp³-hybridized carbons (Fsp3) is 0.182. The second kappa shape index (κ2) is 8.10. The monoisotopic (exact) mass is 387 g/mol. The second-order valence-corrected chi connectivity index (χ2v) is 6.57. The second-order valence-electron chi connectivity index (χ2n) is 6.57. The van der Waals surface area contributed by atoms with Crippen LogP contribution in [0.3, 0.4) is 0 Å². The fourth-order valence-corrected chi connectivity index (χ4v) is 3.13. The van der Waals surface area contributed by atoms with Crippen LogP contribution in [0.1, 0.15) is 28.4 Å². The molecule has 2 heterocycles. The summed E-state index contributed by atoms with van der Waals surface area (Å²) < 4.78 is 7.28. The van der Waals surface area contributed by atoms with E-state index in [9.17, 15) is 4.79 Å². The third-order valence-corrected chi connectivity index (χ3v) is 4.62. The molecule has 0 bridgehead atoms. The highest BCUT2D eigenvalue weighted by molar-refractivity contribution is 5.95. The zero-order valence-corrected chi connectivity index (χ0v) is 16.3. The van der Waals surface area contributed by atoms with Gasteiger partial charge in [-0.3, -0.25) is 4.79 Å². The predicted molar refractivity (Wildman–Crippen MR) is 110 cm³/mol. The molecule has 2 aromatic carbocycles. The number of hydrogen-bond acceptors (Lipinski definition) is 5. The maximum Gasteiger partial charge on any atom is 0.251 e. The lowest BCUT2D eigenvalue weighted by atomic mass is 10.1. The molecule has 1 amide bonds. The molecule has 0 saturated carbocycles. The molecule has 0 radical (unpaired) electrons. The first-order valence-electron chi connectivity index (χ1n) is 9.43. The Bertz CT molecular complexity index is 1170. The predicted octanol–water partition coefficient (Wildman–Crippen LogP) is 3.45. The van der Waals surface area contributed by atoms with Crippen molar-refractivity contribution < 1.29 is 9.53 Å². The first-order chi connectivity index (χ1) is 14.2. The number of pyridine rings is 1. The summed E-state index contributed by atoms with van der Waals surface area (Å²) in [5, 5.41) is 11.3. The number of aromatic nitrogens is 4. The Balaban J connectivity index is 1.58. The van der Waals surface area contributed by atoms with Crippen LogP contribution in [0.5, 0.6) is 5.75 Å². The molecule has 0 aliphatic heterocycles. The zero-order chi connectivity index (χ0) is 20.2. The van der Waals surface area contributed by atoms with Gasteiger partial charge in [0.05, 0.1) is 12.3 Å². The van der Waals surface area contributed by atoms with Crippen molar-refractivity contribution in [3.8, 4) is 11.4 Å². The van der Waals surface area contributed by atoms with E-state index in [1.807, 2.05) is 62.4 Å². The van der Waals surface area contributed by atoms with Crippen LogP contribution in [0.15, 0.2) is 60.8 Å². The van der Waals surface area contributed by atoms with Crippen molar-refractivity contribution in [2.24, 2.45) is 0 Å². The van der Waals surface area contributed by atoms with E-state index in [-0.39, 0.29) is 5.91 Å². The van der Waals surface area contributed by atoms with Crippen LogP contribution in [0, 0.1) is 6.92 Å². The van der Waals surface area contributed by atoms with Crippen LogP contribution < -0.4 is 10.1 Å². The summed E-state index contributed by atoms with van der Waals surface area (Å²) in [7, 11) is 0. The third kappa shape index (κ3) is 3.80. The Morgan fingerprint density at radius 3 is 2.86 bits per heavy atom. The summed E-state index contributed by atoms with van der Waals surface area (Å²) in [5.41, 5.74) is 4.57. The summed E-state index contributed by atoms with van der Waals surface area (Å²) in [6, 6.07) is 16.9. The van der Waals surface area contributed by atoms with Gasteiger partial charge in [-0.25, -0.2) is 4.98 Å². The van der Waals surface area contributed by atoms with E-state index in [1.54, 1.807) is 16.9 Å². The molecule has 146 valence electrons. The number of nitrogens with zero attached hydrogens (tertiary/aromatic N) is 4. The molecule has 29 heavy (non-hydrogen) atoms. The van der Waals surface area contributed by atoms with E-state index < -0.39 is 0 Å². The van der Waals surface area contributed by atoms with Crippen molar-refractivity contribution in [1.82, 2.24) is 25.3 Å². The van der Waals surface area contributed by atoms with Gasteiger partial charge in [0.1, 0.15) is 11.3 Å². The molecular weight excluding hydrogens is 366 g/mol. The molecule has 0 spiro atoms. The molecule has 2 aromatic heterocycles. The van der Waals surface area contributed by atoms with Crippen LogP contribution in [-0.2, 0) is 6.54 Å². The van der Waals surface area contributed by atoms with Gasteiger partial charge in [-0.2, -0.15) is 4.68 Å². The Labute approximate surface area is 168 Å². The highest BCUT2D eigenvalue weighted by Gasteiger charge is 2.14. The lowest BCUT2D eigenvalue weighted by molar-refractivity contribution is 0.0950. The summed E-state index contributed by atoms with van der Waals surface area (Å²) in [5.74, 6) is 0.606. The molecular formula is C22H21N5O2. The molecule has 0 fully saturated rings. The van der Waals surface area contributed by atoms with Gasteiger partial charge in [0.2, 0.25) is 0 Å². The van der Waals surface area contributed by atoms with E-state index >= 15 is 0 Å². The Hall–Kier alpha value is -3.74. The minimum atomic E-state index is -0.171. The van der Waals surface area contributed by atoms with Crippen molar-refractivity contribution >= 4 is 17.1 Å². The number of nitrogens with one attached hydrogen (secondary N) is 1. The van der Waals surface area contributed by atoms with Crippen LogP contribution in [-0.4, -0.2) is 32.5 Å². The van der Waals surface area contributed by atoms with Crippen LogP contribution in [0.25, 0.3) is 16.9 Å². The minimum Gasteiger partial charge on any atom is -0.494 e. The molecule has 4 rings (SSSR count). The number of para-hydroxylation sites is 1. The molecule has 0 unspecified atom stereocenters. The number of aryl methyl sites for hydroxylation is 1. The van der Waals surface area contributed by atoms with Crippen LogP contribution >= 0.6 is 0 Å². The van der Waals surface area contributed by atoms with Gasteiger partial charge in [-0.15, -0.1) is 5.10 Å². The first-order valence-corrected chi connectivity index (χ1v) is 9.43. The number of rotatable bonds is 6. The number of ether oxygens (including phenoxy) is 1. The largest absolute Gasteiger partial charge is 0.494 e. The van der Waals surface area contributed by atoms with Crippen LogP contribution in [0.2, 0.25) is 0 Å². The topological polar surface area (TPSA) is 81.9 Å². The Kier molecular flexibility index (Phi) is 5.20. The quantitative estimate of drug-likeness (QED) is 0.548. The lowest BCUT2D eigenvalue weighted by Gasteiger charge is -2.12.